The van der Waals surface area contributed by atoms with Gasteiger partial charge in [0.05, 0.1) is 0 Å². The molecule has 1 rings (SSSR count). The van der Waals surface area contributed by atoms with Crippen LogP contribution < -0.4 is 5.73 Å². The molecule has 0 radical (unpaired) electrons. The van der Waals surface area contributed by atoms with E-state index in [1.807, 2.05) is 0 Å². The summed E-state index contributed by atoms with van der Waals surface area (Å²) in [5, 5.41) is 0. The molecular formula is C15H25NO. The molecule has 2 unspecified atom stereocenters. The Morgan fingerprint density at radius 2 is 1.88 bits per heavy atom. The van der Waals surface area contributed by atoms with E-state index in [0.717, 1.165) is 19.4 Å². The minimum Gasteiger partial charge on any atom is -0.384 e. The van der Waals surface area contributed by atoms with Crippen molar-refractivity contribution >= 4 is 0 Å². The molecule has 0 aliphatic heterocycles. The van der Waals surface area contributed by atoms with Crippen LogP contribution in [0.4, 0.5) is 0 Å². The van der Waals surface area contributed by atoms with Crippen molar-refractivity contribution in [2.75, 3.05) is 13.7 Å². The second-order valence-corrected chi connectivity index (χ2v) is 4.89. The number of benzene rings is 1. The van der Waals surface area contributed by atoms with Crippen molar-refractivity contribution in [2.24, 2.45) is 11.7 Å². The Hall–Kier alpha value is -0.860. The quantitative estimate of drug-likeness (QED) is 0.787. The maximum absolute atomic E-state index is 6.19. The Kier molecular flexibility index (Phi) is 6.23. The van der Waals surface area contributed by atoms with Crippen molar-refractivity contribution in [3.05, 3.63) is 35.4 Å². The first kappa shape index (κ1) is 14.2. The van der Waals surface area contributed by atoms with E-state index in [1.54, 1.807) is 7.11 Å². The van der Waals surface area contributed by atoms with Crippen molar-refractivity contribution in [1.29, 1.82) is 0 Å². The molecule has 96 valence electrons. The highest BCUT2D eigenvalue weighted by atomic mass is 16.5. The zero-order chi connectivity index (χ0) is 12.7. The Morgan fingerprint density at radius 3 is 2.41 bits per heavy atom. The molecule has 2 N–H and O–H groups in total. The molecule has 0 aromatic heterocycles. The molecule has 1 aromatic rings. The smallest absolute Gasteiger partial charge is 0.0488 e. The van der Waals surface area contributed by atoms with E-state index in [9.17, 15) is 0 Å². The molecule has 2 nitrogen and oxygen atoms in total. The van der Waals surface area contributed by atoms with Crippen molar-refractivity contribution in [1.82, 2.24) is 0 Å². The molecule has 0 saturated heterocycles. The van der Waals surface area contributed by atoms with Crippen molar-refractivity contribution in [3.8, 4) is 0 Å². The fourth-order valence-electron chi connectivity index (χ4n) is 2.14. The van der Waals surface area contributed by atoms with E-state index in [2.05, 4.69) is 38.1 Å². The topological polar surface area (TPSA) is 35.2 Å². The zero-order valence-electron chi connectivity index (χ0n) is 11.3. The van der Waals surface area contributed by atoms with Crippen LogP contribution in [-0.4, -0.2) is 13.7 Å². The highest BCUT2D eigenvalue weighted by Gasteiger charge is 2.10. The summed E-state index contributed by atoms with van der Waals surface area (Å²) in [4.78, 5) is 0. The highest BCUT2D eigenvalue weighted by molar-refractivity contribution is 5.24. The van der Waals surface area contributed by atoms with Crippen LogP contribution in [-0.2, 0) is 11.2 Å². The van der Waals surface area contributed by atoms with Gasteiger partial charge in [-0.2, -0.15) is 0 Å². The summed E-state index contributed by atoms with van der Waals surface area (Å²) in [7, 11) is 1.74. The fraction of sp³-hybridized carbons (Fsp3) is 0.600. The fourth-order valence-corrected chi connectivity index (χ4v) is 2.14. The highest BCUT2D eigenvalue weighted by Crippen LogP contribution is 2.20. The lowest BCUT2D eigenvalue weighted by Crippen LogP contribution is -2.16. The summed E-state index contributed by atoms with van der Waals surface area (Å²) in [6.07, 6.45) is 3.31. The molecular weight excluding hydrogens is 210 g/mol. The van der Waals surface area contributed by atoms with Crippen LogP contribution in [0, 0.1) is 5.92 Å². The van der Waals surface area contributed by atoms with Crippen molar-refractivity contribution < 1.29 is 4.74 Å². The van der Waals surface area contributed by atoms with E-state index >= 15 is 0 Å². The van der Waals surface area contributed by atoms with Gasteiger partial charge in [-0.15, -0.1) is 0 Å². The number of rotatable bonds is 7. The number of ether oxygens (including phenoxy) is 1. The van der Waals surface area contributed by atoms with Crippen molar-refractivity contribution in [2.45, 2.75) is 39.2 Å². The Morgan fingerprint density at radius 1 is 1.24 bits per heavy atom. The number of aryl methyl sites for hydroxylation is 1. The summed E-state index contributed by atoms with van der Waals surface area (Å²) < 4.78 is 5.14. The molecule has 0 spiro atoms. The largest absolute Gasteiger partial charge is 0.384 e. The van der Waals surface area contributed by atoms with Gasteiger partial charge in [-0.3, -0.25) is 0 Å². The van der Waals surface area contributed by atoms with Gasteiger partial charge in [-0.05, 0) is 29.9 Å². The Balaban J connectivity index is 2.53. The molecule has 0 amide bonds. The molecule has 0 bridgehead atoms. The molecule has 2 heteroatoms. The van der Waals surface area contributed by atoms with Gasteiger partial charge < -0.3 is 10.5 Å². The second-order valence-electron chi connectivity index (χ2n) is 4.89. The SMILES string of the molecule is CCCc1ccc(C(N)CC(C)COC)cc1. The van der Waals surface area contributed by atoms with Crippen LogP contribution in [0.1, 0.15) is 43.9 Å². The van der Waals surface area contributed by atoms with Gasteiger partial charge in [0.25, 0.3) is 0 Å². The lowest BCUT2D eigenvalue weighted by atomic mass is 9.96. The van der Waals surface area contributed by atoms with Gasteiger partial charge in [-0.25, -0.2) is 0 Å². The summed E-state index contributed by atoms with van der Waals surface area (Å²) in [5.41, 5.74) is 8.82. The third-order valence-corrected chi connectivity index (χ3v) is 3.05. The van der Waals surface area contributed by atoms with E-state index in [0.29, 0.717) is 5.92 Å². The second kappa shape index (κ2) is 7.46. The minimum atomic E-state index is 0.121. The molecule has 0 heterocycles. The van der Waals surface area contributed by atoms with E-state index in [1.165, 1.54) is 17.5 Å². The minimum absolute atomic E-state index is 0.121. The molecule has 17 heavy (non-hydrogen) atoms. The van der Waals surface area contributed by atoms with Crippen LogP contribution in [0.2, 0.25) is 0 Å². The number of hydrogen-bond acceptors (Lipinski definition) is 2. The molecule has 2 atom stereocenters. The maximum Gasteiger partial charge on any atom is 0.0488 e. The standard InChI is InChI=1S/C15H25NO/c1-4-5-13-6-8-14(9-7-13)15(16)10-12(2)11-17-3/h6-9,12,15H,4-5,10-11,16H2,1-3H3. The summed E-state index contributed by atoms with van der Waals surface area (Å²) in [5.74, 6) is 0.505. The third-order valence-electron chi connectivity index (χ3n) is 3.05. The average Bonchev–Trinajstić information content (AvgIpc) is 2.30. The van der Waals surface area contributed by atoms with Crippen LogP contribution in [0.25, 0.3) is 0 Å². The first-order valence-electron chi connectivity index (χ1n) is 6.50. The van der Waals surface area contributed by atoms with Gasteiger partial charge in [0.2, 0.25) is 0 Å². The van der Waals surface area contributed by atoms with Crippen LogP contribution in [0.15, 0.2) is 24.3 Å². The van der Waals surface area contributed by atoms with Crippen LogP contribution >= 0.6 is 0 Å². The Bertz CT molecular complexity index is 307. The van der Waals surface area contributed by atoms with Crippen LogP contribution in [0.3, 0.4) is 0 Å². The molecule has 1 aromatic carbocycles. The average molecular weight is 235 g/mol. The number of hydrogen-bond donors (Lipinski definition) is 1. The van der Waals surface area contributed by atoms with E-state index in [-0.39, 0.29) is 6.04 Å². The lowest BCUT2D eigenvalue weighted by molar-refractivity contribution is 0.152. The lowest BCUT2D eigenvalue weighted by Gasteiger charge is -2.17. The first-order chi connectivity index (χ1) is 8.17. The first-order valence-corrected chi connectivity index (χ1v) is 6.50. The molecule has 0 aliphatic carbocycles. The van der Waals surface area contributed by atoms with Crippen molar-refractivity contribution in [3.63, 3.8) is 0 Å². The van der Waals surface area contributed by atoms with E-state index < -0.39 is 0 Å². The molecule has 0 fully saturated rings. The normalized spacial score (nSPS) is 14.6. The van der Waals surface area contributed by atoms with Gasteiger partial charge in [-0.1, -0.05) is 44.5 Å². The molecule has 0 aliphatic rings. The summed E-state index contributed by atoms with van der Waals surface area (Å²) in [6.45, 7) is 5.16. The monoisotopic (exact) mass is 235 g/mol. The predicted molar refractivity (Wildman–Crippen MR) is 73.0 cm³/mol. The summed E-state index contributed by atoms with van der Waals surface area (Å²) >= 11 is 0. The van der Waals surface area contributed by atoms with Crippen LogP contribution in [0.5, 0.6) is 0 Å². The Labute approximate surface area is 105 Å². The van der Waals surface area contributed by atoms with Gasteiger partial charge >= 0.3 is 0 Å². The predicted octanol–water partition coefficient (Wildman–Crippen LogP) is 3.31. The number of methoxy groups -OCH3 is 1. The van der Waals surface area contributed by atoms with Gasteiger partial charge in [0.15, 0.2) is 0 Å². The maximum atomic E-state index is 6.19. The third kappa shape index (κ3) is 4.88. The summed E-state index contributed by atoms with van der Waals surface area (Å²) in [6, 6.07) is 8.83. The zero-order valence-corrected chi connectivity index (χ0v) is 11.3. The van der Waals surface area contributed by atoms with Gasteiger partial charge in [0.1, 0.15) is 0 Å². The van der Waals surface area contributed by atoms with E-state index in [4.69, 9.17) is 10.5 Å². The van der Waals surface area contributed by atoms with Gasteiger partial charge in [0, 0.05) is 19.8 Å². The number of nitrogens with two attached hydrogens (primary N) is 1. The molecule has 0 saturated carbocycles.